The van der Waals surface area contributed by atoms with Crippen molar-refractivity contribution >= 4 is 34.8 Å². The van der Waals surface area contributed by atoms with E-state index in [4.69, 9.17) is 4.74 Å². The van der Waals surface area contributed by atoms with E-state index in [1.807, 2.05) is 13.0 Å². The zero-order valence-electron chi connectivity index (χ0n) is 14.8. The van der Waals surface area contributed by atoms with Gasteiger partial charge in [-0.15, -0.1) is 23.7 Å². The number of aryl methyl sites for hydroxylation is 1. The van der Waals surface area contributed by atoms with E-state index in [9.17, 15) is 9.18 Å². The summed E-state index contributed by atoms with van der Waals surface area (Å²) in [5.74, 6) is -0.392. The predicted octanol–water partition coefficient (Wildman–Crippen LogP) is 3.31. The lowest BCUT2D eigenvalue weighted by Gasteiger charge is -2.34. The van der Waals surface area contributed by atoms with Crippen LogP contribution in [0.15, 0.2) is 24.3 Å². The Kier molecular flexibility index (Phi) is 7.11. The zero-order valence-corrected chi connectivity index (χ0v) is 16.4. The van der Waals surface area contributed by atoms with Gasteiger partial charge in [-0.25, -0.2) is 9.37 Å². The molecule has 1 aliphatic rings. The second kappa shape index (κ2) is 8.90. The maximum atomic E-state index is 13.9. The lowest BCUT2D eigenvalue weighted by atomic mass is 9.91. The van der Waals surface area contributed by atoms with Gasteiger partial charge in [0.1, 0.15) is 11.4 Å². The monoisotopic (exact) mass is 399 g/mol. The van der Waals surface area contributed by atoms with Crippen LogP contribution in [-0.2, 0) is 16.0 Å². The zero-order chi connectivity index (χ0) is 17.9. The van der Waals surface area contributed by atoms with Crippen LogP contribution in [0.4, 0.5) is 9.52 Å². The summed E-state index contributed by atoms with van der Waals surface area (Å²) in [5.41, 5.74) is 0.621. The molecule has 0 atom stereocenters. The second-order valence-corrected chi connectivity index (χ2v) is 7.28. The number of methoxy groups -OCH3 is 1. The first-order valence-electron chi connectivity index (χ1n) is 8.31. The van der Waals surface area contributed by atoms with Crippen molar-refractivity contribution in [1.82, 2.24) is 10.3 Å². The van der Waals surface area contributed by atoms with Crippen molar-refractivity contribution in [2.75, 3.05) is 25.5 Å². The first-order chi connectivity index (χ1) is 12.0. The number of carbonyl (C=O) groups excluding carboxylic acids is 1. The minimum atomic E-state index is -0.809. The average molecular weight is 400 g/mol. The number of benzene rings is 1. The molecule has 0 saturated carbocycles. The fraction of sp³-hybridized carbons (Fsp3) is 0.444. The number of carbonyl (C=O) groups is 1. The fourth-order valence-corrected chi connectivity index (χ4v) is 4.01. The average Bonchev–Trinajstić information content (AvgIpc) is 2.96. The highest BCUT2D eigenvalue weighted by atomic mass is 35.5. The maximum Gasteiger partial charge on any atom is 0.258 e. The molecule has 142 valence electrons. The van der Waals surface area contributed by atoms with Crippen LogP contribution in [0.25, 0.3) is 0 Å². The largest absolute Gasteiger partial charge is 0.368 e. The third-order valence-electron chi connectivity index (χ3n) is 4.64. The van der Waals surface area contributed by atoms with Crippen molar-refractivity contribution in [2.45, 2.75) is 31.8 Å². The Bertz CT molecular complexity index is 763. The molecule has 5 nitrogen and oxygen atoms in total. The number of hydrogen-bond acceptors (Lipinski definition) is 5. The van der Waals surface area contributed by atoms with Gasteiger partial charge in [-0.3, -0.25) is 10.1 Å². The summed E-state index contributed by atoms with van der Waals surface area (Å²) in [6.45, 7) is 3.37. The van der Waals surface area contributed by atoms with Gasteiger partial charge in [-0.1, -0.05) is 18.2 Å². The van der Waals surface area contributed by atoms with Crippen LogP contribution in [0.5, 0.6) is 0 Å². The van der Waals surface area contributed by atoms with E-state index in [2.05, 4.69) is 15.6 Å². The molecule has 26 heavy (non-hydrogen) atoms. The summed E-state index contributed by atoms with van der Waals surface area (Å²) in [7, 11) is 1.57. The lowest BCUT2D eigenvalue weighted by molar-refractivity contribution is -0.140. The molecule has 8 heteroatoms. The van der Waals surface area contributed by atoms with Crippen molar-refractivity contribution in [1.29, 1.82) is 0 Å². The normalized spacial score (nSPS) is 16.0. The number of nitrogens with one attached hydrogen (secondary N) is 2. The van der Waals surface area contributed by atoms with E-state index in [-0.39, 0.29) is 24.1 Å². The molecule has 1 aliphatic heterocycles. The number of anilines is 1. The number of aromatic nitrogens is 1. The van der Waals surface area contributed by atoms with Crippen LogP contribution in [0.3, 0.4) is 0 Å². The lowest BCUT2D eigenvalue weighted by Crippen LogP contribution is -2.51. The fourth-order valence-electron chi connectivity index (χ4n) is 3.03. The van der Waals surface area contributed by atoms with E-state index < -0.39 is 5.60 Å². The van der Waals surface area contributed by atoms with Gasteiger partial charge in [0.25, 0.3) is 5.91 Å². The summed E-state index contributed by atoms with van der Waals surface area (Å²) in [6.07, 6.45) is 1.72. The molecule has 2 heterocycles. The van der Waals surface area contributed by atoms with E-state index >= 15 is 0 Å². The number of amides is 1. The van der Waals surface area contributed by atoms with Crippen LogP contribution in [0, 0.1) is 12.7 Å². The number of ether oxygens (including phenoxy) is 1. The molecule has 1 aromatic heterocycles. The van der Waals surface area contributed by atoms with E-state index in [0.717, 1.165) is 23.7 Å². The van der Waals surface area contributed by atoms with Crippen molar-refractivity contribution in [2.24, 2.45) is 0 Å². The molecular weight excluding hydrogens is 377 g/mol. The molecule has 1 amide bonds. The van der Waals surface area contributed by atoms with Gasteiger partial charge >= 0.3 is 0 Å². The second-order valence-electron chi connectivity index (χ2n) is 6.20. The molecule has 0 unspecified atom stereocenters. The van der Waals surface area contributed by atoms with Crippen molar-refractivity contribution in [3.8, 4) is 0 Å². The molecule has 0 radical (unpaired) electrons. The summed E-state index contributed by atoms with van der Waals surface area (Å²) < 4.78 is 19.4. The van der Waals surface area contributed by atoms with Crippen LogP contribution in [-0.4, -0.2) is 36.7 Å². The predicted molar refractivity (Wildman–Crippen MR) is 104 cm³/mol. The van der Waals surface area contributed by atoms with Gasteiger partial charge < -0.3 is 10.1 Å². The molecule has 1 fully saturated rings. The molecule has 2 aromatic rings. The molecule has 0 bridgehead atoms. The van der Waals surface area contributed by atoms with Gasteiger partial charge in [0.2, 0.25) is 0 Å². The van der Waals surface area contributed by atoms with Gasteiger partial charge in [0, 0.05) is 18.4 Å². The summed E-state index contributed by atoms with van der Waals surface area (Å²) in [6, 6.07) is 6.71. The summed E-state index contributed by atoms with van der Waals surface area (Å²) in [4.78, 5) is 18.1. The number of hydrogen-bond donors (Lipinski definition) is 2. The Morgan fingerprint density at radius 1 is 1.38 bits per heavy atom. The standard InChI is InChI=1S/C18H22FN3O2S.ClH/c1-12-15(11-13-5-3-4-6-14(13)19)25-17(21-12)22-16(23)18(24-2)7-9-20-10-8-18;/h3-6,20H,7-11H2,1-2H3,(H,21,22,23);1H. The van der Waals surface area contributed by atoms with Crippen molar-refractivity contribution < 1.29 is 13.9 Å². The van der Waals surface area contributed by atoms with Crippen LogP contribution in [0.1, 0.15) is 29.0 Å². The minimum absolute atomic E-state index is 0. The van der Waals surface area contributed by atoms with Crippen molar-refractivity contribution in [3.05, 3.63) is 46.2 Å². The Morgan fingerprint density at radius 3 is 2.73 bits per heavy atom. The molecule has 3 rings (SSSR count). The number of rotatable bonds is 5. The van der Waals surface area contributed by atoms with Crippen LogP contribution >= 0.6 is 23.7 Å². The molecule has 1 aromatic carbocycles. The smallest absolute Gasteiger partial charge is 0.258 e. The van der Waals surface area contributed by atoms with Crippen molar-refractivity contribution in [3.63, 3.8) is 0 Å². The Balaban J connectivity index is 0.00000243. The maximum absolute atomic E-state index is 13.9. The molecule has 1 saturated heterocycles. The Hall–Kier alpha value is -1.54. The first kappa shape index (κ1) is 20.8. The number of nitrogens with zero attached hydrogens (tertiary/aromatic N) is 1. The number of piperidine rings is 1. The SMILES string of the molecule is COC1(C(=O)Nc2nc(C)c(Cc3ccccc3F)s2)CCNCC1.Cl. The van der Waals surface area contributed by atoms with Gasteiger partial charge in [0.05, 0.1) is 5.69 Å². The number of thiazole rings is 1. The van der Waals surface area contributed by atoms with Gasteiger partial charge in [-0.05, 0) is 44.5 Å². The van der Waals surface area contributed by atoms with E-state index in [0.29, 0.717) is 30.0 Å². The number of halogens is 2. The minimum Gasteiger partial charge on any atom is -0.368 e. The highest BCUT2D eigenvalue weighted by Gasteiger charge is 2.40. The molecule has 0 aliphatic carbocycles. The highest BCUT2D eigenvalue weighted by Crippen LogP contribution is 2.29. The molecule has 0 spiro atoms. The van der Waals surface area contributed by atoms with E-state index in [1.54, 1.807) is 19.2 Å². The summed E-state index contributed by atoms with van der Waals surface area (Å²) in [5, 5.41) is 6.65. The quantitative estimate of drug-likeness (QED) is 0.809. The third kappa shape index (κ3) is 4.40. The van der Waals surface area contributed by atoms with Gasteiger partial charge in [-0.2, -0.15) is 0 Å². The first-order valence-corrected chi connectivity index (χ1v) is 9.13. The third-order valence-corrected chi connectivity index (χ3v) is 5.71. The summed E-state index contributed by atoms with van der Waals surface area (Å²) >= 11 is 1.38. The van der Waals surface area contributed by atoms with Gasteiger partial charge in [0.15, 0.2) is 5.13 Å². The molecule has 2 N–H and O–H groups in total. The molecular formula is C18H23ClFN3O2S. The van der Waals surface area contributed by atoms with Crippen LogP contribution < -0.4 is 10.6 Å². The topological polar surface area (TPSA) is 63.2 Å². The Morgan fingerprint density at radius 2 is 2.08 bits per heavy atom. The van der Waals surface area contributed by atoms with Crippen LogP contribution in [0.2, 0.25) is 0 Å². The highest BCUT2D eigenvalue weighted by molar-refractivity contribution is 7.15. The Labute approximate surface area is 162 Å². The van der Waals surface area contributed by atoms with E-state index in [1.165, 1.54) is 17.4 Å².